The quantitative estimate of drug-likeness (QED) is 0.473. The van der Waals surface area contributed by atoms with Gasteiger partial charge in [0, 0.05) is 19.0 Å². The zero-order valence-corrected chi connectivity index (χ0v) is 15.1. The van der Waals surface area contributed by atoms with E-state index >= 15 is 0 Å². The van der Waals surface area contributed by atoms with Gasteiger partial charge in [0.1, 0.15) is 11.5 Å². The maximum atomic E-state index is 11.9. The summed E-state index contributed by atoms with van der Waals surface area (Å²) in [5.41, 5.74) is 0.415. The van der Waals surface area contributed by atoms with Crippen molar-refractivity contribution in [2.24, 2.45) is 0 Å². The van der Waals surface area contributed by atoms with Gasteiger partial charge in [0.05, 0.1) is 26.5 Å². The molecule has 1 fully saturated rings. The van der Waals surface area contributed by atoms with E-state index in [1.54, 1.807) is 18.2 Å². The fraction of sp³-hybridized carbons (Fsp3) is 0.412. The van der Waals surface area contributed by atoms with Gasteiger partial charge in [-0.2, -0.15) is 0 Å². The lowest BCUT2D eigenvalue weighted by Crippen LogP contribution is -2.32. The number of ether oxygens (including phenoxy) is 3. The van der Waals surface area contributed by atoms with Crippen LogP contribution in [-0.2, 0) is 19.1 Å². The highest BCUT2D eigenvalue weighted by Gasteiger charge is 2.27. The van der Waals surface area contributed by atoms with Gasteiger partial charge in [-0.05, 0) is 18.6 Å². The van der Waals surface area contributed by atoms with Crippen LogP contribution in [0.4, 0.5) is 10.5 Å². The third kappa shape index (κ3) is 5.59. The number of amides is 4. The second-order valence-electron chi connectivity index (χ2n) is 5.58. The van der Waals surface area contributed by atoms with Crippen LogP contribution in [-0.4, -0.2) is 62.6 Å². The molecule has 1 saturated heterocycles. The van der Waals surface area contributed by atoms with E-state index < -0.39 is 24.5 Å². The summed E-state index contributed by atoms with van der Waals surface area (Å²) in [6, 6.07) is 4.40. The van der Waals surface area contributed by atoms with Gasteiger partial charge in [-0.15, -0.1) is 0 Å². The fourth-order valence-electron chi connectivity index (χ4n) is 2.37. The molecule has 0 radical (unpaired) electrons. The monoisotopic (exact) mass is 379 g/mol. The van der Waals surface area contributed by atoms with Gasteiger partial charge in [-0.25, -0.2) is 4.79 Å². The smallest absolute Gasteiger partial charge is 0.324 e. The number of carbonyl (C=O) groups excluding carboxylic acids is 4. The zero-order chi connectivity index (χ0) is 19.8. The molecule has 10 heteroatoms. The average Bonchev–Trinajstić information content (AvgIpc) is 2.98. The number of imide groups is 1. The van der Waals surface area contributed by atoms with E-state index in [-0.39, 0.29) is 31.8 Å². The molecule has 10 nitrogen and oxygen atoms in total. The summed E-state index contributed by atoms with van der Waals surface area (Å²) >= 11 is 0. The molecule has 0 spiro atoms. The van der Waals surface area contributed by atoms with Crippen molar-refractivity contribution in [2.45, 2.75) is 12.8 Å². The molecule has 1 aliphatic rings. The molecule has 146 valence electrons. The number of urea groups is 1. The normalized spacial score (nSPS) is 13.2. The Morgan fingerprint density at radius 1 is 1.22 bits per heavy atom. The first kappa shape index (κ1) is 20.0. The molecule has 0 saturated carbocycles. The number of methoxy groups -OCH3 is 2. The summed E-state index contributed by atoms with van der Waals surface area (Å²) in [6.07, 6.45) is 0.238. The van der Waals surface area contributed by atoms with E-state index in [0.717, 1.165) is 4.90 Å². The summed E-state index contributed by atoms with van der Waals surface area (Å²) in [4.78, 5) is 47.4. The molecule has 2 rings (SSSR count). The van der Waals surface area contributed by atoms with Crippen LogP contribution in [0, 0.1) is 0 Å². The lowest BCUT2D eigenvalue weighted by Gasteiger charge is -2.12. The molecule has 0 unspecified atom stereocenters. The summed E-state index contributed by atoms with van der Waals surface area (Å²) in [5, 5.41) is 4.97. The number of benzene rings is 1. The first-order valence-electron chi connectivity index (χ1n) is 8.20. The lowest BCUT2D eigenvalue weighted by molar-refractivity contribution is -0.147. The van der Waals surface area contributed by atoms with Crippen molar-refractivity contribution in [3.63, 3.8) is 0 Å². The first-order valence-corrected chi connectivity index (χ1v) is 8.20. The molecule has 1 heterocycles. The standard InChI is InChI=1S/C17H21N3O7/c1-25-11-5-6-12(13(8-11)26-2)19-14(21)10-27-16(23)4-3-7-20-15(22)9-18-17(20)24/h5-6,8H,3-4,7,9-10H2,1-2H3,(H,18,24)(H,19,21). The third-order valence-corrected chi connectivity index (χ3v) is 3.75. The van der Waals surface area contributed by atoms with Gasteiger partial charge >= 0.3 is 12.0 Å². The first-order chi connectivity index (χ1) is 12.9. The number of esters is 1. The summed E-state index contributed by atoms with van der Waals surface area (Å²) in [6.45, 7) is -0.371. The van der Waals surface area contributed by atoms with Crippen LogP contribution in [0.2, 0.25) is 0 Å². The minimum Gasteiger partial charge on any atom is -0.497 e. The number of carbonyl (C=O) groups is 4. The van der Waals surface area contributed by atoms with E-state index in [2.05, 4.69) is 10.6 Å². The Hall–Kier alpha value is -3.30. The summed E-state index contributed by atoms with van der Waals surface area (Å²) in [7, 11) is 2.97. The molecule has 4 amide bonds. The fourth-order valence-corrected chi connectivity index (χ4v) is 2.37. The highest BCUT2D eigenvalue weighted by atomic mass is 16.5. The van der Waals surface area contributed by atoms with Crippen molar-refractivity contribution in [3.8, 4) is 11.5 Å². The molecule has 1 aromatic rings. The van der Waals surface area contributed by atoms with Crippen LogP contribution in [0.1, 0.15) is 12.8 Å². The highest BCUT2D eigenvalue weighted by molar-refractivity contribution is 6.01. The SMILES string of the molecule is COc1ccc(NC(=O)COC(=O)CCCN2C(=O)CNC2=O)c(OC)c1. The molecule has 1 aromatic carbocycles. The topological polar surface area (TPSA) is 123 Å². The third-order valence-electron chi connectivity index (χ3n) is 3.75. The minimum atomic E-state index is -0.598. The van der Waals surface area contributed by atoms with Crippen molar-refractivity contribution in [2.75, 3.05) is 39.2 Å². The number of hydrogen-bond acceptors (Lipinski definition) is 7. The van der Waals surface area contributed by atoms with E-state index in [9.17, 15) is 19.2 Å². The van der Waals surface area contributed by atoms with Gasteiger partial charge in [-0.1, -0.05) is 0 Å². The van der Waals surface area contributed by atoms with Crippen LogP contribution >= 0.6 is 0 Å². The van der Waals surface area contributed by atoms with Crippen LogP contribution in [0.3, 0.4) is 0 Å². The van der Waals surface area contributed by atoms with Crippen LogP contribution in [0.5, 0.6) is 11.5 Å². The second-order valence-corrected chi connectivity index (χ2v) is 5.58. The predicted octanol–water partition coefficient (Wildman–Crippen LogP) is 0.517. The number of hydrogen-bond donors (Lipinski definition) is 2. The summed E-state index contributed by atoms with van der Waals surface area (Å²) < 4.78 is 15.1. The molecule has 0 atom stereocenters. The second kappa shape index (κ2) is 9.41. The Kier molecular flexibility index (Phi) is 6.98. The van der Waals surface area contributed by atoms with Crippen molar-refractivity contribution in [3.05, 3.63) is 18.2 Å². The number of nitrogens with one attached hydrogen (secondary N) is 2. The van der Waals surface area contributed by atoms with Gasteiger partial charge < -0.3 is 24.8 Å². The van der Waals surface area contributed by atoms with Gasteiger partial charge in [0.2, 0.25) is 5.91 Å². The Morgan fingerprint density at radius 2 is 2.00 bits per heavy atom. The molecule has 2 N–H and O–H groups in total. The number of nitrogens with zero attached hydrogens (tertiary/aromatic N) is 1. The average molecular weight is 379 g/mol. The van der Waals surface area contributed by atoms with E-state index in [1.807, 2.05) is 0 Å². The van der Waals surface area contributed by atoms with Gasteiger partial charge in [0.15, 0.2) is 6.61 Å². The molecule has 27 heavy (non-hydrogen) atoms. The van der Waals surface area contributed by atoms with Crippen molar-refractivity contribution < 1.29 is 33.4 Å². The number of rotatable bonds is 9. The molecule has 1 aliphatic heterocycles. The van der Waals surface area contributed by atoms with Crippen molar-refractivity contribution in [1.82, 2.24) is 10.2 Å². The van der Waals surface area contributed by atoms with Gasteiger partial charge in [-0.3, -0.25) is 19.3 Å². The van der Waals surface area contributed by atoms with Gasteiger partial charge in [0.25, 0.3) is 5.91 Å². The maximum absolute atomic E-state index is 11.9. The molecular weight excluding hydrogens is 358 g/mol. The zero-order valence-electron chi connectivity index (χ0n) is 15.1. The van der Waals surface area contributed by atoms with Crippen LogP contribution in [0.15, 0.2) is 18.2 Å². The van der Waals surface area contributed by atoms with E-state index in [4.69, 9.17) is 14.2 Å². The minimum absolute atomic E-state index is 0.0177. The Morgan fingerprint density at radius 3 is 2.63 bits per heavy atom. The van der Waals surface area contributed by atoms with E-state index in [1.165, 1.54) is 14.2 Å². The van der Waals surface area contributed by atoms with Crippen LogP contribution in [0.25, 0.3) is 0 Å². The van der Waals surface area contributed by atoms with E-state index in [0.29, 0.717) is 17.2 Å². The molecule has 0 aliphatic carbocycles. The Labute approximate surface area is 155 Å². The molecular formula is C17H21N3O7. The predicted molar refractivity (Wildman–Crippen MR) is 93.5 cm³/mol. The molecule has 0 bridgehead atoms. The number of anilines is 1. The Balaban J connectivity index is 1.73. The highest BCUT2D eigenvalue weighted by Crippen LogP contribution is 2.28. The van der Waals surface area contributed by atoms with Crippen molar-refractivity contribution in [1.29, 1.82) is 0 Å². The van der Waals surface area contributed by atoms with Crippen LogP contribution < -0.4 is 20.1 Å². The van der Waals surface area contributed by atoms with Crippen molar-refractivity contribution >= 4 is 29.5 Å². The lowest BCUT2D eigenvalue weighted by atomic mass is 10.2. The Bertz CT molecular complexity index is 719. The maximum Gasteiger partial charge on any atom is 0.324 e. The molecule has 0 aromatic heterocycles. The largest absolute Gasteiger partial charge is 0.497 e. The summed E-state index contributed by atoms with van der Waals surface area (Å²) in [5.74, 6) is -0.481.